The van der Waals surface area contributed by atoms with E-state index in [1.165, 1.54) is 6.26 Å². The zero-order valence-electron chi connectivity index (χ0n) is 12.1. The van der Waals surface area contributed by atoms with Crippen molar-refractivity contribution in [3.63, 3.8) is 0 Å². The summed E-state index contributed by atoms with van der Waals surface area (Å²) in [6.07, 6.45) is 1.55. The van der Waals surface area contributed by atoms with Crippen molar-refractivity contribution >= 4 is 17.7 Å². The van der Waals surface area contributed by atoms with Gasteiger partial charge in [0.15, 0.2) is 5.76 Å². The van der Waals surface area contributed by atoms with Gasteiger partial charge in [0.1, 0.15) is 5.54 Å². The molecule has 0 aromatic carbocycles. The van der Waals surface area contributed by atoms with Gasteiger partial charge in [0.05, 0.1) is 6.26 Å². The Bertz CT molecular complexity index is 536. The lowest BCUT2D eigenvalue weighted by molar-refractivity contribution is -0.149. The summed E-state index contributed by atoms with van der Waals surface area (Å²) in [6.45, 7) is 4.55. The van der Waals surface area contributed by atoms with Gasteiger partial charge < -0.3 is 20.0 Å². The Morgan fingerprint density at radius 1 is 1.48 bits per heavy atom. The first-order chi connectivity index (χ1) is 9.93. The highest BCUT2D eigenvalue weighted by Gasteiger charge is 2.39. The van der Waals surface area contributed by atoms with Gasteiger partial charge in [0.25, 0.3) is 5.91 Å². The molecule has 2 heterocycles. The van der Waals surface area contributed by atoms with Crippen LogP contribution in [0.3, 0.4) is 0 Å². The molecule has 1 saturated heterocycles. The second kappa shape index (κ2) is 5.99. The van der Waals surface area contributed by atoms with Gasteiger partial charge in [-0.2, -0.15) is 0 Å². The van der Waals surface area contributed by atoms with Crippen LogP contribution in [0.15, 0.2) is 22.8 Å². The number of carbonyl (C=O) groups excluding carboxylic acids is 3. The molecule has 0 atom stereocenters. The van der Waals surface area contributed by atoms with Crippen LogP contribution in [-0.2, 0) is 9.59 Å². The van der Waals surface area contributed by atoms with E-state index in [-0.39, 0.29) is 36.4 Å². The SMILES string of the molecule is CC1(C)C(=O)NCCN1C(=O)CCNC(=O)c1ccco1. The smallest absolute Gasteiger partial charge is 0.286 e. The van der Waals surface area contributed by atoms with E-state index in [1.54, 1.807) is 30.9 Å². The number of nitrogens with one attached hydrogen (secondary N) is 2. The monoisotopic (exact) mass is 293 g/mol. The average Bonchev–Trinajstić information content (AvgIpc) is 2.95. The lowest BCUT2D eigenvalue weighted by atomic mass is 9.98. The number of nitrogens with zero attached hydrogens (tertiary/aromatic N) is 1. The molecule has 7 heteroatoms. The van der Waals surface area contributed by atoms with Gasteiger partial charge in [-0.15, -0.1) is 0 Å². The molecule has 2 N–H and O–H groups in total. The van der Waals surface area contributed by atoms with E-state index in [1.807, 2.05) is 0 Å². The minimum absolute atomic E-state index is 0.142. The predicted octanol–water partition coefficient (Wildman–Crippen LogP) is 0.137. The molecule has 1 aromatic heterocycles. The van der Waals surface area contributed by atoms with Crippen molar-refractivity contribution in [3.8, 4) is 0 Å². The van der Waals surface area contributed by atoms with Crippen LogP contribution in [0.1, 0.15) is 30.8 Å². The van der Waals surface area contributed by atoms with Gasteiger partial charge >= 0.3 is 0 Å². The summed E-state index contributed by atoms with van der Waals surface area (Å²) >= 11 is 0. The summed E-state index contributed by atoms with van der Waals surface area (Å²) in [4.78, 5) is 37.2. The molecule has 1 aliphatic heterocycles. The molecule has 21 heavy (non-hydrogen) atoms. The fourth-order valence-corrected chi connectivity index (χ4v) is 2.25. The summed E-state index contributed by atoms with van der Waals surface area (Å²) in [6, 6.07) is 3.17. The topological polar surface area (TPSA) is 91.7 Å². The summed E-state index contributed by atoms with van der Waals surface area (Å²) in [7, 11) is 0. The molecule has 2 rings (SSSR count). The van der Waals surface area contributed by atoms with Crippen LogP contribution in [0, 0.1) is 0 Å². The molecule has 0 radical (unpaired) electrons. The van der Waals surface area contributed by atoms with E-state index >= 15 is 0 Å². The first-order valence-corrected chi connectivity index (χ1v) is 6.83. The van der Waals surface area contributed by atoms with E-state index in [2.05, 4.69) is 10.6 Å². The number of hydrogen-bond acceptors (Lipinski definition) is 4. The predicted molar refractivity (Wildman–Crippen MR) is 74.5 cm³/mol. The molecule has 0 aliphatic carbocycles. The maximum atomic E-state index is 12.2. The minimum atomic E-state index is -0.861. The van der Waals surface area contributed by atoms with E-state index in [9.17, 15) is 14.4 Å². The third-order valence-corrected chi connectivity index (χ3v) is 3.52. The number of amides is 3. The second-order valence-electron chi connectivity index (χ2n) is 5.34. The number of carbonyl (C=O) groups is 3. The summed E-state index contributed by atoms with van der Waals surface area (Å²) in [5.74, 6) is -0.472. The standard InChI is InChI=1S/C14H19N3O4/c1-14(2)13(20)16-7-8-17(14)11(18)5-6-15-12(19)10-4-3-9-21-10/h3-4,9H,5-8H2,1-2H3,(H,15,19)(H,16,20). The van der Waals surface area contributed by atoms with Crippen LogP contribution in [-0.4, -0.2) is 47.8 Å². The fraction of sp³-hybridized carbons (Fsp3) is 0.500. The van der Waals surface area contributed by atoms with Crippen molar-refractivity contribution in [2.45, 2.75) is 25.8 Å². The van der Waals surface area contributed by atoms with Gasteiger partial charge in [-0.25, -0.2) is 0 Å². The third-order valence-electron chi connectivity index (χ3n) is 3.52. The van der Waals surface area contributed by atoms with Crippen molar-refractivity contribution in [2.75, 3.05) is 19.6 Å². The van der Waals surface area contributed by atoms with Crippen molar-refractivity contribution in [1.82, 2.24) is 15.5 Å². The van der Waals surface area contributed by atoms with Gasteiger partial charge in [-0.3, -0.25) is 14.4 Å². The Labute approximate surface area is 122 Å². The Balaban J connectivity index is 1.84. The van der Waals surface area contributed by atoms with E-state index in [4.69, 9.17) is 4.42 Å². The Morgan fingerprint density at radius 2 is 2.24 bits per heavy atom. The van der Waals surface area contributed by atoms with Crippen LogP contribution in [0.5, 0.6) is 0 Å². The summed E-state index contributed by atoms with van der Waals surface area (Å²) in [5.41, 5.74) is -0.861. The van der Waals surface area contributed by atoms with Gasteiger partial charge in [-0.05, 0) is 26.0 Å². The van der Waals surface area contributed by atoms with Crippen LogP contribution >= 0.6 is 0 Å². The quantitative estimate of drug-likeness (QED) is 0.826. The van der Waals surface area contributed by atoms with Gasteiger partial charge in [-0.1, -0.05) is 0 Å². The molecule has 0 spiro atoms. The molecule has 1 aromatic rings. The highest BCUT2D eigenvalue weighted by Crippen LogP contribution is 2.18. The summed E-state index contributed by atoms with van der Waals surface area (Å²) in [5, 5.41) is 5.35. The van der Waals surface area contributed by atoms with Gasteiger partial charge in [0.2, 0.25) is 11.8 Å². The molecule has 1 aliphatic rings. The second-order valence-corrected chi connectivity index (χ2v) is 5.34. The number of piperazine rings is 1. The van der Waals surface area contributed by atoms with Crippen LogP contribution in [0.25, 0.3) is 0 Å². The van der Waals surface area contributed by atoms with Crippen LogP contribution < -0.4 is 10.6 Å². The molecule has 7 nitrogen and oxygen atoms in total. The number of hydrogen-bond donors (Lipinski definition) is 2. The molecule has 0 bridgehead atoms. The lowest BCUT2D eigenvalue weighted by Gasteiger charge is -2.41. The molecule has 114 valence electrons. The van der Waals surface area contributed by atoms with Crippen molar-refractivity contribution in [1.29, 1.82) is 0 Å². The van der Waals surface area contributed by atoms with Crippen molar-refractivity contribution in [3.05, 3.63) is 24.2 Å². The van der Waals surface area contributed by atoms with E-state index < -0.39 is 5.54 Å². The first kappa shape index (κ1) is 15.1. The lowest BCUT2D eigenvalue weighted by Crippen LogP contribution is -2.63. The van der Waals surface area contributed by atoms with Gasteiger partial charge in [0, 0.05) is 26.1 Å². The highest BCUT2D eigenvalue weighted by molar-refractivity contribution is 5.93. The zero-order valence-corrected chi connectivity index (χ0v) is 12.1. The fourth-order valence-electron chi connectivity index (χ4n) is 2.25. The molecule has 1 fully saturated rings. The maximum Gasteiger partial charge on any atom is 0.286 e. The highest BCUT2D eigenvalue weighted by atomic mass is 16.3. The first-order valence-electron chi connectivity index (χ1n) is 6.83. The number of rotatable bonds is 4. The summed E-state index contributed by atoms with van der Waals surface area (Å²) < 4.78 is 4.96. The average molecular weight is 293 g/mol. The van der Waals surface area contributed by atoms with Crippen LogP contribution in [0.4, 0.5) is 0 Å². The molecule has 3 amide bonds. The molecular formula is C14H19N3O4. The molecular weight excluding hydrogens is 274 g/mol. The maximum absolute atomic E-state index is 12.2. The Hall–Kier alpha value is -2.31. The normalized spacial score (nSPS) is 17.2. The van der Waals surface area contributed by atoms with Crippen LogP contribution in [0.2, 0.25) is 0 Å². The molecule has 0 unspecified atom stereocenters. The number of furan rings is 1. The largest absolute Gasteiger partial charge is 0.459 e. The Kier molecular flexibility index (Phi) is 4.30. The minimum Gasteiger partial charge on any atom is -0.459 e. The van der Waals surface area contributed by atoms with E-state index in [0.717, 1.165) is 0 Å². The zero-order chi connectivity index (χ0) is 15.5. The Morgan fingerprint density at radius 3 is 2.90 bits per heavy atom. The van der Waals surface area contributed by atoms with E-state index in [0.29, 0.717) is 13.1 Å². The third kappa shape index (κ3) is 3.24. The van der Waals surface area contributed by atoms with Crippen molar-refractivity contribution in [2.24, 2.45) is 0 Å². The molecule has 0 saturated carbocycles. The van der Waals surface area contributed by atoms with Crippen molar-refractivity contribution < 1.29 is 18.8 Å².